The number of piperazine rings is 1. The average Bonchev–Trinajstić information content (AvgIpc) is 3.17. The summed E-state index contributed by atoms with van der Waals surface area (Å²) in [7, 11) is 0. The average molecular weight is 363 g/mol. The van der Waals surface area contributed by atoms with Crippen LogP contribution >= 0.6 is 0 Å². The molecule has 3 heterocycles. The van der Waals surface area contributed by atoms with Crippen LogP contribution in [0, 0.1) is 0 Å². The van der Waals surface area contributed by atoms with Gasteiger partial charge in [-0.25, -0.2) is 0 Å². The van der Waals surface area contributed by atoms with Crippen molar-refractivity contribution < 1.29 is 9.21 Å². The second kappa shape index (κ2) is 7.53. The maximum Gasteiger partial charge on any atom is 0.233 e. The molecule has 1 amide bonds. The summed E-state index contributed by atoms with van der Waals surface area (Å²) >= 11 is 0. The van der Waals surface area contributed by atoms with E-state index in [-0.39, 0.29) is 11.8 Å². The summed E-state index contributed by atoms with van der Waals surface area (Å²) in [6, 6.07) is 14.3. The molecule has 0 spiro atoms. The molecule has 1 fully saturated rings. The summed E-state index contributed by atoms with van der Waals surface area (Å²) in [5.41, 5.74) is 2.05. The first-order valence-corrected chi connectivity index (χ1v) is 9.54. The SMILES string of the molecule is C[C@H](c1cccnc1)N1CCN(C(=O)[C@H](C)c2cc3ccccc3o2)CC1. The van der Waals surface area contributed by atoms with E-state index in [0.717, 1.165) is 42.9 Å². The minimum Gasteiger partial charge on any atom is -0.460 e. The lowest BCUT2D eigenvalue weighted by molar-refractivity contribution is -0.134. The summed E-state index contributed by atoms with van der Waals surface area (Å²) in [6.07, 6.45) is 3.72. The second-order valence-electron chi connectivity index (χ2n) is 7.23. The normalized spacial score (nSPS) is 17.8. The largest absolute Gasteiger partial charge is 0.460 e. The summed E-state index contributed by atoms with van der Waals surface area (Å²) in [5.74, 6) is 0.620. The van der Waals surface area contributed by atoms with Gasteiger partial charge < -0.3 is 9.32 Å². The van der Waals surface area contributed by atoms with Gasteiger partial charge in [0.05, 0.1) is 5.92 Å². The van der Waals surface area contributed by atoms with E-state index in [1.165, 1.54) is 5.56 Å². The molecule has 2 aromatic heterocycles. The highest BCUT2D eigenvalue weighted by molar-refractivity contribution is 5.85. The minimum atomic E-state index is -0.264. The molecule has 0 unspecified atom stereocenters. The Kier molecular flexibility index (Phi) is 4.94. The van der Waals surface area contributed by atoms with Crippen molar-refractivity contribution in [1.29, 1.82) is 0 Å². The number of nitrogens with zero attached hydrogens (tertiary/aromatic N) is 3. The van der Waals surface area contributed by atoms with Crippen molar-refractivity contribution in [2.75, 3.05) is 26.2 Å². The Hall–Kier alpha value is -2.66. The number of amides is 1. The zero-order valence-corrected chi connectivity index (χ0v) is 15.8. The van der Waals surface area contributed by atoms with Gasteiger partial charge in [-0.1, -0.05) is 24.3 Å². The number of aromatic nitrogens is 1. The molecule has 0 radical (unpaired) electrons. The first kappa shape index (κ1) is 17.7. The molecule has 1 aliphatic heterocycles. The molecule has 0 N–H and O–H groups in total. The number of carbonyl (C=O) groups is 1. The third-order valence-corrected chi connectivity index (χ3v) is 5.58. The van der Waals surface area contributed by atoms with E-state index in [9.17, 15) is 4.79 Å². The van der Waals surface area contributed by atoms with Gasteiger partial charge in [0, 0.05) is 50.0 Å². The Labute approximate surface area is 159 Å². The van der Waals surface area contributed by atoms with Crippen LogP contribution in [0.5, 0.6) is 0 Å². The number of fused-ring (bicyclic) bond motifs is 1. The van der Waals surface area contributed by atoms with E-state index in [2.05, 4.69) is 22.9 Å². The van der Waals surface area contributed by atoms with Gasteiger partial charge in [-0.15, -0.1) is 0 Å². The Morgan fingerprint density at radius 1 is 1.07 bits per heavy atom. The Balaban J connectivity index is 1.39. The monoisotopic (exact) mass is 363 g/mol. The topological polar surface area (TPSA) is 49.6 Å². The predicted octanol–water partition coefficient (Wildman–Crippen LogP) is 3.84. The lowest BCUT2D eigenvalue weighted by Gasteiger charge is -2.38. The summed E-state index contributed by atoms with van der Waals surface area (Å²) in [4.78, 5) is 21.5. The van der Waals surface area contributed by atoms with Crippen molar-refractivity contribution in [3.05, 3.63) is 66.2 Å². The van der Waals surface area contributed by atoms with Crippen molar-refractivity contribution >= 4 is 16.9 Å². The fourth-order valence-corrected chi connectivity index (χ4v) is 3.77. The molecule has 1 saturated heterocycles. The molecular formula is C22H25N3O2. The third-order valence-electron chi connectivity index (χ3n) is 5.58. The predicted molar refractivity (Wildman–Crippen MR) is 105 cm³/mol. The van der Waals surface area contributed by atoms with Crippen LogP contribution in [0.3, 0.4) is 0 Å². The zero-order chi connectivity index (χ0) is 18.8. The molecule has 5 heteroatoms. The maximum atomic E-state index is 13.0. The first-order chi connectivity index (χ1) is 13.1. The van der Waals surface area contributed by atoms with Gasteiger partial charge in [0.15, 0.2) is 0 Å². The molecule has 27 heavy (non-hydrogen) atoms. The highest BCUT2D eigenvalue weighted by atomic mass is 16.3. The number of hydrogen-bond acceptors (Lipinski definition) is 4. The smallest absolute Gasteiger partial charge is 0.233 e. The van der Waals surface area contributed by atoms with Crippen molar-refractivity contribution in [3.63, 3.8) is 0 Å². The van der Waals surface area contributed by atoms with Crippen LogP contribution in [0.25, 0.3) is 11.0 Å². The van der Waals surface area contributed by atoms with Crippen LogP contribution < -0.4 is 0 Å². The van der Waals surface area contributed by atoms with E-state index in [1.807, 2.05) is 54.4 Å². The fraction of sp³-hybridized carbons (Fsp3) is 0.364. The van der Waals surface area contributed by atoms with Gasteiger partial charge in [0.25, 0.3) is 0 Å². The molecule has 140 valence electrons. The molecule has 3 aromatic rings. The Bertz CT molecular complexity index is 880. The van der Waals surface area contributed by atoms with Crippen molar-refractivity contribution in [2.45, 2.75) is 25.8 Å². The van der Waals surface area contributed by atoms with Crippen molar-refractivity contribution in [3.8, 4) is 0 Å². The number of benzene rings is 1. The molecule has 0 saturated carbocycles. The van der Waals surface area contributed by atoms with Gasteiger partial charge in [0.2, 0.25) is 5.91 Å². The number of carbonyl (C=O) groups excluding carboxylic acids is 1. The molecular weight excluding hydrogens is 338 g/mol. The van der Waals surface area contributed by atoms with E-state index >= 15 is 0 Å². The van der Waals surface area contributed by atoms with Gasteiger partial charge >= 0.3 is 0 Å². The van der Waals surface area contributed by atoms with E-state index in [1.54, 1.807) is 6.20 Å². The summed E-state index contributed by atoms with van der Waals surface area (Å²) in [5, 5.41) is 1.04. The number of furan rings is 1. The quantitative estimate of drug-likeness (QED) is 0.707. The van der Waals surface area contributed by atoms with Crippen LogP contribution in [0.4, 0.5) is 0 Å². The highest BCUT2D eigenvalue weighted by Crippen LogP contribution is 2.27. The second-order valence-corrected chi connectivity index (χ2v) is 7.23. The molecule has 0 bridgehead atoms. The maximum absolute atomic E-state index is 13.0. The van der Waals surface area contributed by atoms with Crippen LogP contribution in [0.1, 0.15) is 37.1 Å². The fourth-order valence-electron chi connectivity index (χ4n) is 3.77. The minimum absolute atomic E-state index is 0.141. The number of para-hydroxylation sites is 1. The lowest BCUT2D eigenvalue weighted by atomic mass is 10.1. The van der Waals surface area contributed by atoms with Crippen LogP contribution in [-0.4, -0.2) is 46.9 Å². The third kappa shape index (κ3) is 3.60. The van der Waals surface area contributed by atoms with Gasteiger partial charge in [-0.05, 0) is 37.6 Å². The van der Waals surface area contributed by atoms with Crippen molar-refractivity contribution in [1.82, 2.24) is 14.8 Å². The van der Waals surface area contributed by atoms with E-state index in [0.29, 0.717) is 6.04 Å². The van der Waals surface area contributed by atoms with E-state index in [4.69, 9.17) is 4.42 Å². The molecule has 5 nitrogen and oxygen atoms in total. The van der Waals surface area contributed by atoms with Gasteiger partial charge in [-0.3, -0.25) is 14.7 Å². The number of rotatable bonds is 4. The standard InChI is InChI=1S/C22H25N3O2/c1-16(21-14-18-6-3-4-8-20(18)27-21)22(26)25-12-10-24(11-13-25)17(2)19-7-5-9-23-15-19/h3-9,14-17H,10-13H2,1-2H3/t16-,17-/m1/s1. The highest BCUT2D eigenvalue weighted by Gasteiger charge is 2.29. The summed E-state index contributed by atoms with van der Waals surface area (Å²) < 4.78 is 5.89. The molecule has 0 aliphatic carbocycles. The van der Waals surface area contributed by atoms with Crippen LogP contribution in [0.15, 0.2) is 59.3 Å². The summed E-state index contributed by atoms with van der Waals surface area (Å²) in [6.45, 7) is 7.36. The Morgan fingerprint density at radius 2 is 1.85 bits per heavy atom. The Morgan fingerprint density at radius 3 is 2.56 bits per heavy atom. The number of pyridine rings is 1. The van der Waals surface area contributed by atoms with Crippen LogP contribution in [0.2, 0.25) is 0 Å². The lowest BCUT2D eigenvalue weighted by Crippen LogP contribution is -2.50. The van der Waals surface area contributed by atoms with Crippen LogP contribution in [-0.2, 0) is 4.79 Å². The van der Waals surface area contributed by atoms with Gasteiger partial charge in [0.1, 0.15) is 11.3 Å². The molecule has 2 atom stereocenters. The molecule has 4 rings (SSSR count). The molecule has 1 aromatic carbocycles. The first-order valence-electron chi connectivity index (χ1n) is 9.54. The van der Waals surface area contributed by atoms with E-state index < -0.39 is 0 Å². The molecule has 1 aliphatic rings. The van der Waals surface area contributed by atoms with Gasteiger partial charge in [-0.2, -0.15) is 0 Å². The van der Waals surface area contributed by atoms with Crippen molar-refractivity contribution in [2.24, 2.45) is 0 Å². The number of hydrogen-bond donors (Lipinski definition) is 0. The zero-order valence-electron chi connectivity index (χ0n) is 15.8.